The Labute approximate surface area is 77.5 Å². The summed E-state index contributed by atoms with van der Waals surface area (Å²) in [5.41, 5.74) is -1.15. The first kappa shape index (κ1) is 9.60. The van der Waals surface area contributed by atoms with Crippen molar-refractivity contribution >= 4 is 11.4 Å². The van der Waals surface area contributed by atoms with Crippen molar-refractivity contribution in [3.63, 3.8) is 0 Å². The minimum absolute atomic E-state index is 0.194. The molecule has 7 heteroatoms. The fraction of sp³-hybridized carbons (Fsp3) is 0. The molecule has 0 aliphatic rings. The van der Waals surface area contributed by atoms with Gasteiger partial charge in [0.1, 0.15) is 11.6 Å². The summed E-state index contributed by atoms with van der Waals surface area (Å²) in [6.07, 6.45) is 0. The van der Waals surface area contributed by atoms with Crippen LogP contribution in [0.2, 0.25) is 0 Å². The van der Waals surface area contributed by atoms with Crippen LogP contribution in [0.15, 0.2) is 18.2 Å². The van der Waals surface area contributed by atoms with Crippen molar-refractivity contribution in [3.05, 3.63) is 44.0 Å². The first-order chi connectivity index (χ1) is 6.56. The lowest BCUT2D eigenvalue weighted by molar-refractivity contribution is -0.394. The highest BCUT2D eigenvalue weighted by Gasteiger charge is 2.18. The van der Waals surface area contributed by atoms with Crippen LogP contribution in [-0.2, 0) is 0 Å². The Bertz CT molecular complexity index is 449. The summed E-state index contributed by atoms with van der Waals surface area (Å²) in [7, 11) is 0. The Kier molecular flexibility index (Phi) is 2.39. The fourth-order valence-electron chi connectivity index (χ4n) is 0.879. The van der Waals surface area contributed by atoms with Crippen LogP contribution in [0.5, 0.6) is 0 Å². The van der Waals surface area contributed by atoms with Crippen LogP contribution in [-0.4, -0.2) is 9.85 Å². The number of nitro groups is 2. The van der Waals surface area contributed by atoms with Crippen LogP contribution >= 0.6 is 0 Å². The van der Waals surface area contributed by atoms with E-state index in [0.717, 1.165) is 18.2 Å². The number of rotatable bonds is 2. The largest absolute Gasteiger partial charge is 0.293 e. The number of hydrogen-bond donors (Lipinski definition) is 0. The molecule has 0 atom stereocenters. The first-order valence-corrected chi connectivity index (χ1v) is 3.39. The van der Waals surface area contributed by atoms with E-state index >= 15 is 0 Å². The predicted octanol–water partition coefficient (Wildman–Crippen LogP) is 1.37. The zero-order valence-corrected chi connectivity index (χ0v) is 6.71. The number of nitro benzene ring substituents is 2. The minimum Gasteiger partial charge on any atom is -0.258 e. The quantitative estimate of drug-likeness (QED) is 0.520. The van der Waals surface area contributed by atoms with E-state index in [4.69, 9.17) is 5.26 Å². The zero-order valence-electron chi connectivity index (χ0n) is 6.71. The van der Waals surface area contributed by atoms with Gasteiger partial charge in [-0.2, -0.15) is 5.26 Å². The van der Waals surface area contributed by atoms with E-state index in [2.05, 4.69) is 0 Å². The first-order valence-electron chi connectivity index (χ1n) is 3.39. The monoisotopic (exact) mass is 193 g/mol. The van der Waals surface area contributed by atoms with E-state index in [0.29, 0.717) is 0 Å². The van der Waals surface area contributed by atoms with Gasteiger partial charge in [0.2, 0.25) is 0 Å². The van der Waals surface area contributed by atoms with Crippen LogP contribution in [0, 0.1) is 31.6 Å². The molecule has 0 fully saturated rings. The molecule has 0 aliphatic heterocycles. The predicted molar refractivity (Wildman–Crippen MR) is 44.5 cm³/mol. The molecule has 0 spiro atoms. The van der Waals surface area contributed by atoms with Crippen molar-refractivity contribution in [2.45, 2.75) is 0 Å². The van der Waals surface area contributed by atoms with Crippen molar-refractivity contribution in [2.75, 3.05) is 0 Å². The molecule has 70 valence electrons. The summed E-state index contributed by atoms with van der Waals surface area (Å²) in [4.78, 5) is 19.1. The summed E-state index contributed by atoms with van der Waals surface area (Å²) in [5.74, 6) is 0. The molecule has 1 aromatic carbocycles. The third-order valence-corrected chi connectivity index (χ3v) is 1.51. The van der Waals surface area contributed by atoms with Crippen LogP contribution < -0.4 is 0 Å². The van der Waals surface area contributed by atoms with Gasteiger partial charge in [0, 0.05) is 6.07 Å². The van der Waals surface area contributed by atoms with Crippen LogP contribution in [0.3, 0.4) is 0 Å². The average Bonchev–Trinajstić information content (AvgIpc) is 2.16. The SMILES string of the molecule is N#Cc1ccc([N+](=O)[O-])cc1[N+](=O)[O-]. The van der Waals surface area contributed by atoms with Crippen molar-refractivity contribution in [3.8, 4) is 6.07 Å². The molecular formula is C7H3N3O4. The van der Waals surface area contributed by atoms with Crippen LogP contribution in [0.25, 0.3) is 0 Å². The maximum Gasteiger partial charge on any atom is 0.293 e. The fourth-order valence-corrected chi connectivity index (χ4v) is 0.879. The van der Waals surface area contributed by atoms with Gasteiger partial charge in [-0.3, -0.25) is 20.2 Å². The molecule has 0 aromatic heterocycles. The lowest BCUT2D eigenvalue weighted by Gasteiger charge is -1.94. The molecule has 0 N–H and O–H groups in total. The molecule has 0 saturated heterocycles. The van der Waals surface area contributed by atoms with E-state index < -0.39 is 21.2 Å². The Morgan fingerprint density at radius 3 is 2.29 bits per heavy atom. The summed E-state index contributed by atoms with van der Waals surface area (Å²) in [5, 5.41) is 29.1. The maximum absolute atomic E-state index is 10.4. The van der Waals surface area contributed by atoms with Gasteiger partial charge in [-0.05, 0) is 6.07 Å². The minimum atomic E-state index is -0.828. The topological polar surface area (TPSA) is 110 Å². The van der Waals surface area contributed by atoms with E-state index in [1.54, 1.807) is 6.07 Å². The Balaban J connectivity index is 3.37. The van der Waals surface area contributed by atoms with Crippen molar-refractivity contribution in [1.29, 1.82) is 5.26 Å². The Morgan fingerprint density at radius 1 is 1.21 bits per heavy atom. The van der Waals surface area contributed by atoms with Gasteiger partial charge in [0.15, 0.2) is 0 Å². The normalized spacial score (nSPS) is 9.07. The molecule has 0 radical (unpaired) electrons. The highest BCUT2D eigenvalue weighted by Crippen LogP contribution is 2.23. The zero-order chi connectivity index (χ0) is 10.7. The van der Waals surface area contributed by atoms with Crippen LogP contribution in [0.1, 0.15) is 5.56 Å². The van der Waals surface area contributed by atoms with E-state index in [-0.39, 0.29) is 5.56 Å². The number of nitrogens with zero attached hydrogens (tertiary/aromatic N) is 3. The van der Waals surface area contributed by atoms with Crippen LogP contribution in [0.4, 0.5) is 11.4 Å². The maximum atomic E-state index is 10.4. The molecular weight excluding hydrogens is 190 g/mol. The standard InChI is InChI=1S/C7H3N3O4/c8-4-5-1-2-6(9(11)12)3-7(5)10(13)14/h1-3H. The molecule has 7 nitrogen and oxygen atoms in total. The van der Waals surface area contributed by atoms with Gasteiger partial charge in [0.25, 0.3) is 11.4 Å². The van der Waals surface area contributed by atoms with Crippen molar-refractivity contribution in [1.82, 2.24) is 0 Å². The number of hydrogen-bond acceptors (Lipinski definition) is 5. The molecule has 0 saturated carbocycles. The summed E-state index contributed by atoms with van der Waals surface area (Å²) in [6.45, 7) is 0. The molecule has 0 heterocycles. The summed E-state index contributed by atoms with van der Waals surface area (Å²) < 4.78 is 0. The Hall–Kier alpha value is -2.49. The van der Waals surface area contributed by atoms with Gasteiger partial charge in [-0.1, -0.05) is 0 Å². The second-order valence-corrected chi connectivity index (χ2v) is 2.33. The number of benzene rings is 1. The third kappa shape index (κ3) is 1.64. The van der Waals surface area contributed by atoms with Crippen molar-refractivity contribution in [2.24, 2.45) is 0 Å². The lowest BCUT2D eigenvalue weighted by Crippen LogP contribution is -1.95. The van der Waals surface area contributed by atoms with Gasteiger partial charge in [0.05, 0.1) is 15.9 Å². The van der Waals surface area contributed by atoms with E-state index in [1.807, 2.05) is 0 Å². The average molecular weight is 193 g/mol. The van der Waals surface area contributed by atoms with Gasteiger partial charge in [-0.25, -0.2) is 0 Å². The molecule has 0 unspecified atom stereocenters. The molecule has 1 rings (SSSR count). The molecule has 0 aliphatic carbocycles. The van der Waals surface area contributed by atoms with Crippen molar-refractivity contribution < 1.29 is 9.85 Å². The number of nitriles is 1. The second-order valence-electron chi connectivity index (χ2n) is 2.33. The van der Waals surface area contributed by atoms with E-state index in [1.165, 1.54) is 0 Å². The molecule has 0 amide bonds. The summed E-state index contributed by atoms with van der Waals surface area (Å²) >= 11 is 0. The highest BCUT2D eigenvalue weighted by atomic mass is 16.6. The highest BCUT2D eigenvalue weighted by molar-refractivity contribution is 5.54. The lowest BCUT2D eigenvalue weighted by atomic mass is 10.2. The van der Waals surface area contributed by atoms with E-state index in [9.17, 15) is 20.2 Å². The Morgan fingerprint density at radius 2 is 1.86 bits per heavy atom. The molecule has 1 aromatic rings. The summed E-state index contributed by atoms with van der Waals surface area (Å²) in [6, 6.07) is 4.44. The molecule has 0 bridgehead atoms. The van der Waals surface area contributed by atoms with Gasteiger partial charge >= 0.3 is 0 Å². The second kappa shape index (κ2) is 3.49. The van der Waals surface area contributed by atoms with Gasteiger partial charge < -0.3 is 0 Å². The van der Waals surface area contributed by atoms with Gasteiger partial charge in [-0.15, -0.1) is 0 Å². The number of non-ortho nitro benzene ring substituents is 1. The molecule has 14 heavy (non-hydrogen) atoms. The third-order valence-electron chi connectivity index (χ3n) is 1.51. The smallest absolute Gasteiger partial charge is 0.258 e.